The highest BCUT2D eigenvalue weighted by atomic mass is 35.5. The van der Waals surface area contributed by atoms with E-state index in [0.29, 0.717) is 29.3 Å². The smallest absolute Gasteiger partial charge is 0.249 e. The maximum Gasteiger partial charge on any atom is 0.249 e. The molecule has 0 spiro atoms. The van der Waals surface area contributed by atoms with Crippen molar-refractivity contribution >= 4 is 40.1 Å². The van der Waals surface area contributed by atoms with Crippen LogP contribution in [-0.4, -0.2) is 29.6 Å². The molecule has 0 radical (unpaired) electrons. The average molecular weight is 370 g/mol. The summed E-state index contributed by atoms with van der Waals surface area (Å²) in [5, 5.41) is 8.19. The van der Waals surface area contributed by atoms with E-state index in [1.54, 1.807) is 35.2 Å². The molecule has 0 aliphatic carbocycles. The van der Waals surface area contributed by atoms with E-state index < -0.39 is 6.04 Å². The molecule has 1 N–H and O–H groups in total. The van der Waals surface area contributed by atoms with Crippen LogP contribution in [0.1, 0.15) is 12.1 Å². The second kappa shape index (κ2) is 6.80. The molecule has 1 aromatic heterocycles. The molecule has 3 aromatic rings. The van der Waals surface area contributed by atoms with Crippen LogP contribution in [0.3, 0.4) is 0 Å². The van der Waals surface area contributed by atoms with Gasteiger partial charge in [-0.15, -0.1) is 0 Å². The zero-order chi connectivity index (χ0) is 18.1. The summed E-state index contributed by atoms with van der Waals surface area (Å²) in [6.07, 6.45) is 0.633. The number of hydrogen-bond acceptors (Lipinski definition) is 4. The molecular formula is C19H16ClN3O3. The molecule has 1 atom stereocenters. The van der Waals surface area contributed by atoms with Crippen molar-refractivity contribution in [2.45, 2.75) is 18.9 Å². The summed E-state index contributed by atoms with van der Waals surface area (Å²) in [6.45, 7) is 0.554. The second-order valence-electron chi connectivity index (χ2n) is 6.18. The van der Waals surface area contributed by atoms with Gasteiger partial charge in [0, 0.05) is 22.6 Å². The van der Waals surface area contributed by atoms with Crippen LogP contribution in [0.2, 0.25) is 5.02 Å². The van der Waals surface area contributed by atoms with E-state index in [4.69, 9.17) is 16.1 Å². The van der Waals surface area contributed by atoms with Crippen LogP contribution < -0.4 is 10.2 Å². The summed E-state index contributed by atoms with van der Waals surface area (Å²) in [5.41, 5.74) is 1.98. The SMILES string of the molecule is O=C(Cc1noc2ccccc12)NC1CCN(c2ccc(Cl)cc2)C1=O. The van der Waals surface area contributed by atoms with Crippen molar-refractivity contribution in [1.82, 2.24) is 10.5 Å². The number of amides is 2. The zero-order valence-corrected chi connectivity index (χ0v) is 14.6. The van der Waals surface area contributed by atoms with Crippen molar-refractivity contribution in [3.63, 3.8) is 0 Å². The number of hydrogen-bond donors (Lipinski definition) is 1. The van der Waals surface area contributed by atoms with Gasteiger partial charge in [0.15, 0.2) is 5.58 Å². The summed E-state index contributed by atoms with van der Waals surface area (Å²) >= 11 is 5.89. The first-order chi connectivity index (χ1) is 12.6. The van der Waals surface area contributed by atoms with Crippen LogP contribution in [0.4, 0.5) is 5.69 Å². The van der Waals surface area contributed by atoms with Crippen LogP contribution >= 0.6 is 11.6 Å². The number of fused-ring (bicyclic) bond motifs is 1. The molecule has 4 rings (SSSR count). The molecular weight excluding hydrogens is 354 g/mol. The maximum absolute atomic E-state index is 12.6. The summed E-state index contributed by atoms with van der Waals surface area (Å²) in [4.78, 5) is 26.6. The third-order valence-corrected chi connectivity index (χ3v) is 4.71. The van der Waals surface area contributed by atoms with E-state index in [0.717, 1.165) is 11.1 Å². The number of rotatable bonds is 4. The van der Waals surface area contributed by atoms with Crippen LogP contribution in [0.5, 0.6) is 0 Å². The van der Waals surface area contributed by atoms with Gasteiger partial charge in [-0.05, 0) is 42.8 Å². The Labute approximate surface area is 154 Å². The fourth-order valence-corrected chi connectivity index (χ4v) is 3.28. The molecule has 1 aliphatic heterocycles. The van der Waals surface area contributed by atoms with E-state index in [-0.39, 0.29) is 18.2 Å². The molecule has 1 saturated heterocycles. The monoisotopic (exact) mass is 369 g/mol. The first-order valence-electron chi connectivity index (χ1n) is 8.31. The van der Waals surface area contributed by atoms with Crippen molar-refractivity contribution in [3.8, 4) is 0 Å². The molecule has 7 heteroatoms. The highest BCUT2D eigenvalue weighted by Crippen LogP contribution is 2.24. The summed E-state index contributed by atoms with van der Waals surface area (Å²) in [5.74, 6) is -0.369. The predicted molar refractivity (Wildman–Crippen MR) is 98.1 cm³/mol. The third kappa shape index (κ3) is 3.15. The van der Waals surface area contributed by atoms with Crippen molar-refractivity contribution < 1.29 is 14.1 Å². The number of benzene rings is 2. The van der Waals surface area contributed by atoms with Gasteiger partial charge in [0.05, 0.1) is 6.42 Å². The van der Waals surface area contributed by atoms with Crippen molar-refractivity contribution in [1.29, 1.82) is 0 Å². The highest BCUT2D eigenvalue weighted by Gasteiger charge is 2.33. The lowest BCUT2D eigenvalue weighted by molar-refractivity contribution is -0.126. The maximum atomic E-state index is 12.6. The molecule has 26 heavy (non-hydrogen) atoms. The van der Waals surface area contributed by atoms with Crippen molar-refractivity contribution in [2.75, 3.05) is 11.4 Å². The number of para-hydroxylation sites is 1. The van der Waals surface area contributed by atoms with Gasteiger partial charge in [0.1, 0.15) is 11.7 Å². The lowest BCUT2D eigenvalue weighted by atomic mass is 10.1. The Morgan fingerprint density at radius 1 is 1.23 bits per heavy atom. The van der Waals surface area contributed by atoms with Gasteiger partial charge in [-0.25, -0.2) is 0 Å². The first-order valence-corrected chi connectivity index (χ1v) is 8.69. The summed E-state index contributed by atoms with van der Waals surface area (Å²) in [7, 11) is 0. The standard InChI is InChI=1S/C19H16ClN3O3/c20-12-5-7-13(8-6-12)23-10-9-15(19(23)25)21-18(24)11-16-14-3-1-2-4-17(14)26-22-16/h1-8,15H,9-11H2,(H,21,24). The quantitative estimate of drug-likeness (QED) is 0.767. The number of carbonyl (C=O) groups is 2. The molecule has 0 saturated carbocycles. The van der Waals surface area contributed by atoms with E-state index in [1.807, 2.05) is 18.2 Å². The summed E-state index contributed by atoms with van der Waals surface area (Å²) < 4.78 is 5.21. The van der Waals surface area contributed by atoms with Crippen molar-refractivity contribution in [3.05, 3.63) is 59.2 Å². The van der Waals surface area contributed by atoms with Gasteiger partial charge in [-0.1, -0.05) is 28.9 Å². The van der Waals surface area contributed by atoms with Crippen LogP contribution in [0.25, 0.3) is 11.0 Å². The third-order valence-electron chi connectivity index (χ3n) is 4.46. The summed E-state index contributed by atoms with van der Waals surface area (Å²) in [6, 6.07) is 13.9. The number of nitrogens with one attached hydrogen (secondary N) is 1. The van der Waals surface area contributed by atoms with Gasteiger partial charge >= 0.3 is 0 Å². The van der Waals surface area contributed by atoms with Gasteiger partial charge < -0.3 is 14.7 Å². The number of carbonyl (C=O) groups excluding carboxylic acids is 2. The highest BCUT2D eigenvalue weighted by molar-refractivity contribution is 6.30. The lowest BCUT2D eigenvalue weighted by Crippen LogP contribution is -2.42. The minimum Gasteiger partial charge on any atom is -0.356 e. The Morgan fingerprint density at radius 3 is 2.81 bits per heavy atom. The number of halogens is 1. The van der Waals surface area contributed by atoms with E-state index in [2.05, 4.69) is 10.5 Å². The van der Waals surface area contributed by atoms with Gasteiger partial charge in [-0.2, -0.15) is 0 Å². The topological polar surface area (TPSA) is 75.4 Å². The zero-order valence-electron chi connectivity index (χ0n) is 13.8. The first kappa shape index (κ1) is 16.6. The molecule has 132 valence electrons. The largest absolute Gasteiger partial charge is 0.356 e. The molecule has 1 unspecified atom stereocenters. The van der Waals surface area contributed by atoms with Crippen LogP contribution in [0.15, 0.2) is 53.1 Å². The predicted octanol–water partition coefficient (Wildman–Crippen LogP) is 2.95. The van der Waals surface area contributed by atoms with Gasteiger partial charge in [0.25, 0.3) is 0 Å². The van der Waals surface area contributed by atoms with Gasteiger partial charge in [-0.3, -0.25) is 9.59 Å². The minimum atomic E-state index is -0.531. The van der Waals surface area contributed by atoms with E-state index in [9.17, 15) is 9.59 Å². The molecule has 2 heterocycles. The molecule has 6 nitrogen and oxygen atoms in total. The Kier molecular flexibility index (Phi) is 4.34. The number of aromatic nitrogens is 1. The second-order valence-corrected chi connectivity index (χ2v) is 6.61. The fourth-order valence-electron chi connectivity index (χ4n) is 3.15. The Balaban J connectivity index is 1.42. The lowest BCUT2D eigenvalue weighted by Gasteiger charge is -2.17. The van der Waals surface area contributed by atoms with Crippen LogP contribution in [-0.2, 0) is 16.0 Å². The normalized spacial score (nSPS) is 17.0. The molecule has 2 aromatic carbocycles. The molecule has 1 aliphatic rings. The van der Waals surface area contributed by atoms with E-state index >= 15 is 0 Å². The van der Waals surface area contributed by atoms with Gasteiger partial charge in [0.2, 0.25) is 11.8 Å². The molecule has 0 bridgehead atoms. The Morgan fingerprint density at radius 2 is 2.00 bits per heavy atom. The fraction of sp³-hybridized carbons (Fsp3) is 0.211. The Hall–Kier alpha value is -2.86. The number of anilines is 1. The molecule has 1 fully saturated rings. The number of nitrogens with zero attached hydrogens (tertiary/aromatic N) is 2. The van der Waals surface area contributed by atoms with Crippen molar-refractivity contribution in [2.24, 2.45) is 0 Å². The average Bonchev–Trinajstić information content (AvgIpc) is 3.21. The minimum absolute atomic E-state index is 0.0712. The van der Waals surface area contributed by atoms with E-state index in [1.165, 1.54) is 0 Å². The molecule has 2 amide bonds. The van der Waals surface area contributed by atoms with Crippen LogP contribution in [0, 0.1) is 0 Å². The Bertz CT molecular complexity index is 968.